The van der Waals surface area contributed by atoms with Crippen LogP contribution in [0.1, 0.15) is 12.8 Å². The molecule has 0 atom stereocenters. The van der Waals surface area contributed by atoms with Crippen molar-refractivity contribution in [2.75, 3.05) is 31.0 Å². The van der Waals surface area contributed by atoms with Crippen LogP contribution in [-0.2, 0) is 19.1 Å². The molecule has 0 bridgehead atoms. The fraction of sp³-hybridized carbons (Fsp3) is 0.357. The van der Waals surface area contributed by atoms with Crippen LogP contribution in [0, 0.1) is 0 Å². The number of methoxy groups -OCH3 is 1. The van der Waals surface area contributed by atoms with Crippen LogP contribution >= 0.6 is 0 Å². The van der Waals surface area contributed by atoms with Crippen molar-refractivity contribution < 1.29 is 23.9 Å². The number of carbonyl (C=O) groups excluding carboxylic acids is 3. The normalized spacial score (nSPS) is 13.2. The van der Waals surface area contributed by atoms with Crippen molar-refractivity contribution in [1.29, 1.82) is 0 Å². The third-order valence-corrected chi connectivity index (χ3v) is 3.11. The average Bonchev–Trinajstić information content (AvgIpc) is 2.48. The molecule has 1 heterocycles. The molecule has 0 unspecified atom stereocenters. The summed E-state index contributed by atoms with van der Waals surface area (Å²) < 4.78 is 9.80. The van der Waals surface area contributed by atoms with Gasteiger partial charge in [-0.1, -0.05) is 0 Å². The van der Waals surface area contributed by atoms with Crippen molar-refractivity contribution in [3.8, 4) is 5.75 Å². The van der Waals surface area contributed by atoms with E-state index >= 15 is 0 Å². The first-order chi connectivity index (χ1) is 10.0. The lowest BCUT2D eigenvalue weighted by Gasteiger charge is -2.26. The van der Waals surface area contributed by atoms with E-state index in [1.165, 1.54) is 12.0 Å². The summed E-state index contributed by atoms with van der Waals surface area (Å²) in [7, 11) is 2.94. The Morgan fingerprint density at radius 3 is 2.86 bits per heavy atom. The molecule has 2 amide bonds. The zero-order valence-electron chi connectivity index (χ0n) is 11.8. The largest absolute Gasteiger partial charge is 0.481 e. The Kier molecular flexibility index (Phi) is 4.42. The van der Waals surface area contributed by atoms with Crippen molar-refractivity contribution in [3.05, 3.63) is 18.2 Å². The van der Waals surface area contributed by atoms with E-state index in [4.69, 9.17) is 4.74 Å². The minimum absolute atomic E-state index is 0.0246. The number of hydrogen-bond acceptors (Lipinski definition) is 5. The SMILES string of the molecule is COC(=O)CCC(=O)Nc1ccc2c(c1)OCC(=O)N2C. The van der Waals surface area contributed by atoms with E-state index in [-0.39, 0.29) is 31.3 Å². The summed E-state index contributed by atoms with van der Waals surface area (Å²) in [6.45, 7) is -0.0246. The predicted molar refractivity (Wildman–Crippen MR) is 75.2 cm³/mol. The molecule has 0 spiro atoms. The van der Waals surface area contributed by atoms with Crippen LogP contribution in [0.5, 0.6) is 5.75 Å². The summed E-state index contributed by atoms with van der Waals surface area (Å²) >= 11 is 0. The van der Waals surface area contributed by atoms with E-state index in [0.717, 1.165) is 0 Å². The Hall–Kier alpha value is -2.57. The first kappa shape index (κ1) is 14.8. The zero-order valence-corrected chi connectivity index (χ0v) is 11.8. The molecule has 1 aliphatic heterocycles. The molecule has 1 aliphatic rings. The highest BCUT2D eigenvalue weighted by molar-refractivity contribution is 5.98. The summed E-state index contributed by atoms with van der Waals surface area (Å²) in [5.74, 6) is -0.320. The van der Waals surface area contributed by atoms with Crippen molar-refractivity contribution in [2.45, 2.75) is 12.8 Å². The van der Waals surface area contributed by atoms with Gasteiger partial charge in [0.2, 0.25) is 5.91 Å². The second-order valence-corrected chi connectivity index (χ2v) is 4.55. The highest BCUT2D eigenvalue weighted by atomic mass is 16.5. The van der Waals surface area contributed by atoms with Crippen molar-refractivity contribution in [3.63, 3.8) is 0 Å². The molecular formula is C14H16N2O5. The maximum absolute atomic E-state index is 11.7. The van der Waals surface area contributed by atoms with Crippen LogP contribution in [0.2, 0.25) is 0 Å². The number of anilines is 2. The summed E-state index contributed by atoms with van der Waals surface area (Å²) in [5.41, 5.74) is 1.20. The Labute approximate surface area is 121 Å². The van der Waals surface area contributed by atoms with E-state index in [2.05, 4.69) is 10.1 Å². The average molecular weight is 292 g/mol. The fourth-order valence-electron chi connectivity index (χ4n) is 1.90. The van der Waals surface area contributed by atoms with Gasteiger partial charge in [0.1, 0.15) is 5.75 Å². The first-order valence-corrected chi connectivity index (χ1v) is 6.41. The molecule has 0 fully saturated rings. The second kappa shape index (κ2) is 6.25. The summed E-state index contributed by atoms with van der Waals surface area (Å²) in [6, 6.07) is 5.02. The fourth-order valence-corrected chi connectivity index (χ4v) is 1.90. The van der Waals surface area contributed by atoms with Gasteiger partial charge in [0.25, 0.3) is 5.91 Å². The molecule has 0 radical (unpaired) electrons. The zero-order chi connectivity index (χ0) is 15.4. The molecule has 0 saturated heterocycles. The maximum Gasteiger partial charge on any atom is 0.306 e. The number of amides is 2. The molecule has 21 heavy (non-hydrogen) atoms. The monoisotopic (exact) mass is 292 g/mol. The standard InChI is InChI=1S/C14H16N2O5/c1-16-10-4-3-9(7-11(10)21-8-13(16)18)15-12(17)5-6-14(19)20-2/h3-4,7H,5-6,8H2,1-2H3,(H,15,17). The van der Waals surface area contributed by atoms with Crippen LogP contribution in [0.4, 0.5) is 11.4 Å². The Bertz CT molecular complexity index is 585. The van der Waals surface area contributed by atoms with Crippen LogP contribution in [0.3, 0.4) is 0 Å². The first-order valence-electron chi connectivity index (χ1n) is 6.41. The number of esters is 1. The minimum Gasteiger partial charge on any atom is -0.481 e. The molecule has 0 aliphatic carbocycles. The molecule has 7 nitrogen and oxygen atoms in total. The third kappa shape index (κ3) is 3.50. The number of benzene rings is 1. The van der Waals surface area contributed by atoms with Gasteiger partial charge in [-0.2, -0.15) is 0 Å². The molecule has 1 aromatic carbocycles. The van der Waals surface area contributed by atoms with E-state index in [0.29, 0.717) is 17.1 Å². The molecule has 0 aromatic heterocycles. The number of rotatable bonds is 4. The van der Waals surface area contributed by atoms with Gasteiger partial charge in [0.15, 0.2) is 6.61 Å². The summed E-state index contributed by atoms with van der Waals surface area (Å²) in [4.78, 5) is 35.6. The van der Waals surface area contributed by atoms with Gasteiger partial charge in [-0.15, -0.1) is 0 Å². The molecule has 1 aromatic rings. The van der Waals surface area contributed by atoms with E-state index in [1.807, 2.05) is 0 Å². The van der Waals surface area contributed by atoms with Gasteiger partial charge in [0.05, 0.1) is 19.2 Å². The van der Waals surface area contributed by atoms with Gasteiger partial charge in [-0.3, -0.25) is 14.4 Å². The molecular weight excluding hydrogens is 276 g/mol. The van der Waals surface area contributed by atoms with E-state index < -0.39 is 5.97 Å². The predicted octanol–water partition coefficient (Wildman–Crippen LogP) is 0.933. The van der Waals surface area contributed by atoms with Gasteiger partial charge < -0.3 is 19.7 Å². The maximum atomic E-state index is 11.7. The second-order valence-electron chi connectivity index (χ2n) is 4.55. The van der Waals surface area contributed by atoms with Crippen molar-refractivity contribution >= 4 is 29.2 Å². The molecule has 7 heteroatoms. The number of ether oxygens (including phenoxy) is 2. The van der Waals surface area contributed by atoms with Gasteiger partial charge in [-0.25, -0.2) is 0 Å². The Morgan fingerprint density at radius 2 is 2.14 bits per heavy atom. The number of hydrogen-bond donors (Lipinski definition) is 1. The minimum atomic E-state index is -0.431. The van der Waals surface area contributed by atoms with Gasteiger partial charge in [0, 0.05) is 25.2 Å². The van der Waals surface area contributed by atoms with Gasteiger partial charge in [-0.05, 0) is 12.1 Å². The lowest BCUT2D eigenvalue weighted by atomic mass is 10.2. The highest BCUT2D eigenvalue weighted by Gasteiger charge is 2.22. The highest BCUT2D eigenvalue weighted by Crippen LogP contribution is 2.33. The van der Waals surface area contributed by atoms with Crippen LogP contribution in [-0.4, -0.2) is 38.5 Å². The number of carbonyl (C=O) groups is 3. The van der Waals surface area contributed by atoms with E-state index in [1.54, 1.807) is 25.2 Å². The lowest BCUT2D eigenvalue weighted by molar-refractivity contribution is -0.141. The number of likely N-dealkylation sites (N-methyl/N-ethyl adjacent to an activating group) is 1. The number of fused-ring (bicyclic) bond motifs is 1. The summed E-state index contributed by atoms with van der Waals surface area (Å²) in [5, 5.41) is 2.67. The topological polar surface area (TPSA) is 84.9 Å². The van der Waals surface area contributed by atoms with Crippen molar-refractivity contribution in [1.82, 2.24) is 0 Å². The Morgan fingerprint density at radius 1 is 1.38 bits per heavy atom. The molecule has 0 saturated carbocycles. The molecule has 112 valence electrons. The Balaban J connectivity index is 2.01. The third-order valence-electron chi connectivity index (χ3n) is 3.11. The molecule has 2 rings (SSSR count). The quantitative estimate of drug-likeness (QED) is 0.835. The van der Waals surface area contributed by atoms with Crippen molar-refractivity contribution in [2.24, 2.45) is 0 Å². The lowest BCUT2D eigenvalue weighted by Crippen LogP contribution is -2.35. The van der Waals surface area contributed by atoms with Crippen LogP contribution in [0.15, 0.2) is 18.2 Å². The van der Waals surface area contributed by atoms with Crippen LogP contribution in [0.25, 0.3) is 0 Å². The van der Waals surface area contributed by atoms with E-state index in [9.17, 15) is 14.4 Å². The summed E-state index contributed by atoms with van der Waals surface area (Å²) in [6.07, 6.45) is 0.0734. The van der Waals surface area contributed by atoms with Gasteiger partial charge >= 0.3 is 5.97 Å². The number of nitrogens with one attached hydrogen (secondary N) is 1. The van der Waals surface area contributed by atoms with Crippen LogP contribution < -0.4 is 15.0 Å². The number of nitrogens with zero attached hydrogens (tertiary/aromatic N) is 1. The molecule has 1 N–H and O–H groups in total. The smallest absolute Gasteiger partial charge is 0.306 e.